The number of nitrogens with one attached hydrogen (secondary N) is 1. The maximum absolute atomic E-state index is 11.2. The third kappa shape index (κ3) is 2.84. The average molecular weight is 149 g/mol. The van der Waals surface area contributed by atoms with Crippen LogP contribution in [0.5, 0.6) is 0 Å². The molecule has 0 bridgehead atoms. The van der Waals surface area contributed by atoms with Gasteiger partial charge in [0.05, 0.1) is 0 Å². The van der Waals surface area contributed by atoms with E-state index in [1.54, 1.807) is 0 Å². The molecule has 0 amide bonds. The molecule has 0 unspecified atom stereocenters. The van der Waals surface area contributed by atoms with E-state index in [0.29, 0.717) is 5.75 Å². The summed E-state index contributed by atoms with van der Waals surface area (Å²) in [5.74, 6) is 0.546. The van der Waals surface area contributed by atoms with Crippen molar-refractivity contribution < 1.29 is 4.21 Å². The van der Waals surface area contributed by atoms with Gasteiger partial charge in [-0.15, -0.1) is 0 Å². The summed E-state index contributed by atoms with van der Waals surface area (Å²) >= 11 is 0. The lowest BCUT2D eigenvalue weighted by molar-refractivity contribution is 0.666. The second-order valence-corrected chi connectivity index (χ2v) is 5.28. The van der Waals surface area contributed by atoms with Crippen LogP contribution in [0.25, 0.3) is 0 Å². The summed E-state index contributed by atoms with van der Waals surface area (Å²) in [6.45, 7) is 5.63. The second-order valence-electron chi connectivity index (χ2n) is 2.48. The fourth-order valence-corrected chi connectivity index (χ4v) is 1.62. The minimum atomic E-state index is -2.25. The molecule has 56 valence electrons. The molecule has 0 aliphatic rings. The highest BCUT2D eigenvalue weighted by atomic mass is 32.2. The van der Waals surface area contributed by atoms with E-state index in [1.165, 1.54) is 0 Å². The molecule has 1 atom stereocenters. The van der Waals surface area contributed by atoms with Crippen molar-refractivity contribution in [3.8, 4) is 0 Å². The lowest BCUT2D eigenvalue weighted by atomic mass is 10.6. The normalized spacial score (nSPS) is 17.8. The number of hydrogen-bond donors (Lipinski definition) is 1. The molecule has 0 aromatic heterocycles. The van der Waals surface area contributed by atoms with Crippen molar-refractivity contribution in [2.45, 2.75) is 32.4 Å². The zero-order valence-electron chi connectivity index (χ0n) is 6.31. The van der Waals surface area contributed by atoms with Crippen molar-refractivity contribution in [1.82, 2.24) is 0 Å². The molecule has 0 spiro atoms. The van der Waals surface area contributed by atoms with Crippen LogP contribution in [0.3, 0.4) is 0 Å². The molecule has 0 saturated heterocycles. The van der Waals surface area contributed by atoms with Crippen molar-refractivity contribution in [3.05, 3.63) is 0 Å². The zero-order chi connectivity index (χ0) is 7.49. The molecule has 3 heteroatoms. The van der Waals surface area contributed by atoms with Gasteiger partial charge in [-0.25, -0.2) is 4.21 Å². The van der Waals surface area contributed by atoms with E-state index in [2.05, 4.69) is 0 Å². The first kappa shape index (κ1) is 8.95. The zero-order valence-corrected chi connectivity index (χ0v) is 7.12. The number of rotatable bonds is 3. The lowest BCUT2D eigenvalue weighted by Gasteiger charge is -2.07. The Morgan fingerprint density at radius 1 is 1.56 bits per heavy atom. The molecule has 0 aliphatic heterocycles. The largest absolute Gasteiger partial charge is 0.253 e. The molecule has 0 aromatic rings. The molecule has 0 fully saturated rings. The monoisotopic (exact) mass is 149 g/mol. The first-order chi connectivity index (χ1) is 4.00. The molecule has 0 rings (SSSR count). The van der Waals surface area contributed by atoms with Gasteiger partial charge in [0.25, 0.3) is 0 Å². The first-order valence-electron chi connectivity index (χ1n) is 3.26. The van der Waals surface area contributed by atoms with Gasteiger partial charge < -0.3 is 0 Å². The topological polar surface area (TPSA) is 40.9 Å². The van der Waals surface area contributed by atoms with E-state index in [0.717, 1.165) is 6.42 Å². The minimum Gasteiger partial charge on any atom is -0.253 e. The van der Waals surface area contributed by atoms with Crippen molar-refractivity contribution >= 4 is 9.73 Å². The molecule has 0 radical (unpaired) electrons. The molecular formula is C6H15NOS. The third-order valence-electron chi connectivity index (χ3n) is 1.27. The Labute approximate surface area is 57.6 Å². The Balaban J connectivity index is 4.05. The standard InChI is InChI=1S/C6H15NOS/c1-4-5-9(7,8)6(2)3/h6-7H,4-5H2,1-3H3/t9-/m0/s1. The predicted octanol–water partition coefficient (Wildman–Crippen LogP) is 1.85. The van der Waals surface area contributed by atoms with Gasteiger partial charge in [0, 0.05) is 20.7 Å². The van der Waals surface area contributed by atoms with Crippen LogP contribution in [0, 0.1) is 4.78 Å². The molecule has 0 heterocycles. The molecule has 9 heavy (non-hydrogen) atoms. The molecule has 0 aromatic carbocycles. The van der Waals surface area contributed by atoms with Crippen molar-refractivity contribution in [2.75, 3.05) is 5.75 Å². The van der Waals surface area contributed by atoms with Crippen LogP contribution < -0.4 is 0 Å². The van der Waals surface area contributed by atoms with Crippen LogP contribution in [0.2, 0.25) is 0 Å². The molecular weight excluding hydrogens is 134 g/mol. The predicted molar refractivity (Wildman–Crippen MR) is 41.2 cm³/mol. The van der Waals surface area contributed by atoms with E-state index < -0.39 is 9.73 Å². The smallest absolute Gasteiger partial charge is 0.0465 e. The van der Waals surface area contributed by atoms with Gasteiger partial charge in [-0.2, -0.15) is 0 Å². The Morgan fingerprint density at radius 3 is 2.11 bits per heavy atom. The van der Waals surface area contributed by atoms with Crippen LogP contribution in [0.4, 0.5) is 0 Å². The highest BCUT2D eigenvalue weighted by molar-refractivity contribution is 7.92. The van der Waals surface area contributed by atoms with Gasteiger partial charge in [-0.3, -0.25) is 4.78 Å². The van der Waals surface area contributed by atoms with Crippen LogP contribution in [-0.2, 0) is 9.73 Å². The molecule has 0 aliphatic carbocycles. The lowest BCUT2D eigenvalue weighted by Crippen LogP contribution is -2.15. The summed E-state index contributed by atoms with van der Waals surface area (Å²) in [5, 5.41) is 0.0115. The minimum absolute atomic E-state index is 0.0115. The third-order valence-corrected chi connectivity index (χ3v) is 3.81. The Bertz CT molecular complexity index is 158. The second kappa shape index (κ2) is 3.20. The van der Waals surface area contributed by atoms with Gasteiger partial charge in [0.1, 0.15) is 0 Å². The summed E-state index contributed by atoms with van der Waals surface area (Å²) in [4.78, 5) is 0. The summed E-state index contributed by atoms with van der Waals surface area (Å²) in [6.07, 6.45) is 0.848. The Morgan fingerprint density at radius 2 is 2.00 bits per heavy atom. The SMILES string of the molecule is CCC[S@](=N)(=O)C(C)C. The summed E-state index contributed by atoms with van der Waals surface area (Å²) in [5.41, 5.74) is 0. The highest BCUT2D eigenvalue weighted by Gasteiger charge is 2.08. The summed E-state index contributed by atoms with van der Waals surface area (Å²) < 4.78 is 18.5. The van der Waals surface area contributed by atoms with Gasteiger partial charge in [0.2, 0.25) is 0 Å². The van der Waals surface area contributed by atoms with E-state index in [9.17, 15) is 4.21 Å². The Hall–Kier alpha value is -0.0500. The van der Waals surface area contributed by atoms with E-state index >= 15 is 0 Å². The quantitative estimate of drug-likeness (QED) is 0.653. The van der Waals surface area contributed by atoms with E-state index in [1.807, 2.05) is 20.8 Å². The number of hydrogen-bond acceptors (Lipinski definition) is 2. The average Bonchev–Trinajstić information content (AvgIpc) is 1.65. The van der Waals surface area contributed by atoms with Crippen LogP contribution in [0.15, 0.2) is 0 Å². The van der Waals surface area contributed by atoms with Gasteiger partial charge >= 0.3 is 0 Å². The first-order valence-corrected chi connectivity index (χ1v) is 5.05. The van der Waals surface area contributed by atoms with Crippen LogP contribution in [0.1, 0.15) is 27.2 Å². The van der Waals surface area contributed by atoms with Crippen molar-refractivity contribution in [2.24, 2.45) is 0 Å². The molecule has 1 N–H and O–H groups in total. The fourth-order valence-electron chi connectivity index (χ4n) is 0.539. The van der Waals surface area contributed by atoms with Crippen LogP contribution >= 0.6 is 0 Å². The van der Waals surface area contributed by atoms with Gasteiger partial charge in [-0.05, 0) is 6.42 Å². The highest BCUT2D eigenvalue weighted by Crippen LogP contribution is 2.02. The van der Waals surface area contributed by atoms with E-state index in [-0.39, 0.29) is 5.25 Å². The van der Waals surface area contributed by atoms with Crippen molar-refractivity contribution in [3.63, 3.8) is 0 Å². The summed E-state index contributed by atoms with van der Waals surface area (Å²) in [7, 11) is -2.25. The van der Waals surface area contributed by atoms with Crippen molar-refractivity contribution in [1.29, 1.82) is 4.78 Å². The molecule has 2 nitrogen and oxygen atoms in total. The fraction of sp³-hybridized carbons (Fsp3) is 1.00. The van der Waals surface area contributed by atoms with Crippen LogP contribution in [-0.4, -0.2) is 15.2 Å². The maximum Gasteiger partial charge on any atom is 0.0465 e. The molecule has 0 saturated carbocycles. The van der Waals surface area contributed by atoms with E-state index in [4.69, 9.17) is 4.78 Å². The summed E-state index contributed by atoms with van der Waals surface area (Å²) in [6, 6.07) is 0. The van der Waals surface area contributed by atoms with Gasteiger partial charge in [0.15, 0.2) is 0 Å². The Kier molecular flexibility index (Phi) is 3.18. The van der Waals surface area contributed by atoms with Gasteiger partial charge in [-0.1, -0.05) is 20.8 Å². The maximum atomic E-state index is 11.2.